The van der Waals surface area contributed by atoms with Crippen molar-refractivity contribution in [3.63, 3.8) is 0 Å². The molecule has 1 unspecified atom stereocenters. The van der Waals surface area contributed by atoms with Gasteiger partial charge in [0, 0.05) is 25.2 Å². The molecule has 5 nitrogen and oxygen atoms in total. The number of methoxy groups -OCH3 is 1. The summed E-state index contributed by atoms with van der Waals surface area (Å²) in [4.78, 5) is 14.4. The Labute approximate surface area is 148 Å². The lowest BCUT2D eigenvalue weighted by Gasteiger charge is -2.32. The van der Waals surface area contributed by atoms with Crippen molar-refractivity contribution in [2.45, 2.75) is 12.6 Å². The summed E-state index contributed by atoms with van der Waals surface area (Å²) in [6, 6.07) is 17.9. The van der Waals surface area contributed by atoms with Gasteiger partial charge in [0.2, 0.25) is 5.91 Å². The second-order valence-corrected chi connectivity index (χ2v) is 6.09. The maximum Gasteiger partial charge on any atom is 0.234 e. The third-order valence-corrected chi connectivity index (χ3v) is 4.36. The Morgan fingerprint density at radius 1 is 1.20 bits per heavy atom. The first-order valence-electron chi connectivity index (χ1n) is 8.54. The molecule has 1 aliphatic rings. The van der Waals surface area contributed by atoms with Gasteiger partial charge in [-0.25, -0.2) is 0 Å². The van der Waals surface area contributed by atoms with Gasteiger partial charge < -0.3 is 14.8 Å². The average molecular weight is 340 g/mol. The molecule has 25 heavy (non-hydrogen) atoms. The number of ether oxygens (including phenoxy) is 2. The van der Waals surface area contributed by atoms with E-state index >= 15 is 0 Å². The second-order valence-electron chi connectivity index (χ2n) is 6.09. The average Bonchev–Trinajstić information content (AvgIpc) is 2.67. The Morgan fingerprint density at radius 3 is 2.76 bits per heavy atom. The lowest BCUT2D eigenvalue weighted by atomic mass is 10.1. The molecular formula is C20H24N2O3. The van der Waals surface area contributed by atoms with E-state index in [0.29, 0.717) is 19.7 Å². The lowest BCUT2D eigenvalue weighted by molar-refractivity contribution is -0.124. The highest BCUT2D eigenvalue weighted by atomic mass is 16.5. The third-order valence-electron chi connectivity index (χ3n) is 4.36. The summed E-state index contributed by atoms with van der Waals surface area (Å²) in [5.41, 5.74) is 2.13. The van der Waals surface area contributed by atoms with Crippen molar-refractivity contribution < 1.29 is 14.3 Å². The number of morpholine rings is 1. The SMILES string of the molecule is COc1ccccc1CNC(=O)CN1CCOC(c2ccccc2)C1. The van der Waals surface area contributed by atoms with E-state index in [1.807, 2.05) is 42.5 Å². The molecule has 0 aliphatic carbocycles. The molecule has 2 aromatic rings. The van der Waals surface area contributed by atoms with Crippen LogP contribution in [-0.2, 0) is 16.1 Å². The van der Waals surface area contributed by atoms with E-state index in [2.05, 4.69) is 22.3 Å². The minimum atomic E-state index is 0.0135. The maximum absolute atomic E-state index is 12.3. The van der Waals surface area contributed by atoms with Gasteiger partial charge in [-0.05, 0) is 11.6 Å². The van der Waals surface area contributed by atoms with Crippen LogP contribution in [0.4, 0.5) is 0 Å². The van der Waals surface area contributed by atoms with Crippen molar-refractivity contribution in [1.82, 2.24) is 10.2 Å². The van der Waals surface area contributed by atoms with Crippen LogP contribution in [0.15, 0.2) is 54.6 Å². The summed E-state index contributed by atoms with van der Waals surface area (Å²) in [5, 5.41) is 2.97. The maximum atomic E-state index is 12.3. The molecular weight excluding hydrogens is 316 g/mol. The fraction of sp³-hybridized carbons (Fsp3) is 0.350. The van der Waals surface area contributed by atoms with Crippen LogP contribution in [0.2, 0.25) is 0 Å². The molecule has 1 saturated heterocycles. The number of amides is 1. The highest BCUT2D eigenvalue weighted by Crippen LogP contribution is 2.21. The lowest BCUT2D eigenvalue weighted by Crippen LogP contribution is -2.44. The van der Waals surface area contributed by atoms with Crippen molar-refractivity contribution in [2.75, 3.05) is 33.4 Å². The Kier molecular flexibility index (Phi) is 6.04. The number of benzene rings is 2. The van der Waals surface area contributed by atoms with Crippen LogP contribution in [-0.4, -0.2) is 44.2 Å². The van der Waals surface area contributed by atoms with Crippen LogP contribution in [0.1, 0.15) is 17.2 Å². The van der Waals surface area contributed by atoms with Crippen LogP contribution < -0.4 is 10.1 Å². The van der Waals surface area contributed by atoms with Gasteiger partial charge in [-0.2, -0.15) is 0 Å². The fourth-order valence-electron chi connectivity index (χ4n) is 3.02. The Balaban J connectivity index is 1.51. The van der Waals surface area contributed by atoms with Gasteiger partial charge in [0.15, 0.2) is 0 Å². The largest absolute Gasteiger partial charge is 0.496 e. The molecule has 0 radical (unpaired) electrons. The van der Waals surface area contributed by atoms with Gasteiger partial charge in [0.25, 0.3) is 0 Å². The van der Waals surface area contributed by atoms with E-state index in [1.54, 1.807) is 7.11 Å². The third kappa shape index (κ3) is 4.81. The zero-order chi connectivity index (χ0) is 17.5. The summed E-state index contributed by atoms with van der Waals surface area (Å²) in [6.07, 6.45) is 0.0250. The van der Waals surface area contributed by atoms with Gasteiger partial charge in [-0.3, -0.25) is 9.69 Å². The van der Waals surface area contributed by atoms with E-state index in [0.717, 1.165) is 30.0 Å². The van der Waals surface area contributed by atoms with E-state index in [-0.39, 0.29) is 12.0 Å². The molecule has 0 bridgehead atoms. The number of carbonyl (C=O) groups is 1. The summed E-state index contributed by atoms with van der Waals surface area (Å²) < 4.78 is 11.2. The molecule has 0 saturated carbocycles. The number of nitrogens with one attached hydrogen (secondary N) is 1. The van der Waals surface area contributed by atoms with Crippen LogP contribution in [0.25, 0.3) is 0 Å². The molecule has 0 spiro atoms. The summed E-state index contributed by atoms with van der Waals surface area (Å²) in [7, 11) is 1.64. The van der Waals surface area contributed by atoms with Gasteiger partial charge in [0.05, 0.1) is 26.4 Å². The smallest absolute Gasteiger partial charge is 0.234 e. The van der Waals surface area contributed by atoms with Crippen molar-refractivity contribution in [3.05, 3.63) is 65.7 Å². The van der Waals surface area contributed by atoms with E-state index in [4.69, 9.17) is 9.47 Å². The topological polar surface area (TPSA) is 50.8 Å². The molecule has 1 aliphatic heterocycles. The predicted octanol–water partition coefficient (Wildman–Crippen LogP) is 2.38. The molecule has 1 atom stereocenters. The van der Waals surface area contributed by atoms with Crippen LogP contribution >= 0.6 is 0 Å². The normalized spacial score (nSPS) is 17.9. The number of rotatable bonds is 6. The van der Waals surface area contributed by atoms with Crippen molar-refractivity contribution in [3.8, 4) is 5.75 Å². The van der Waals surface area contributed by atoms with Crippen LogP contribution in [0.3, 0.4) is 0 Å². The van der Waals surface area contributed by atoms with Crippen LogP contribution in [0, 0.1) is 0 Å². The summed E-state index contributed by atoms with van der Waals surface area (Å²) >= 11 is 0. The van der Waals surface area contributed by atoms with Crippen molar-refractivity contribution in [1.29, 1.82) is 0 Å². The van der Waals surface area contributed by atoms with Gasteiger partial charge in [-0.15, -0.1) is 0 Å². The molecule has 5 heteroatoms. The van der Waals surface area contributed by atoms with Gasteiger partial charge in [-0.1, -0.05) is 48.5 Å². The van der Waals surface area contributed by atoms with Crippen molar-refractivity contribution >= 4 is 5.91 Å². The number of carbonyl (C=O) groups excluding carboxylic acids is 1. The Hall–Kier alpha value is -2.37. The number of nitrogens with zero attached hydrogens (tertiary/aromatic N) is 1. The second kappa shape index (κ2) is 8.65. The first-order chi connectivity index (χ1) is 12.3. The fourth-order valence-corrected chi connectivity index (χ4v) is 3.02. The molecule has 1 fully saturated rings. The van der Waals surface area contributed by atoms with Gasteiger partial charge in [0.1, 0.15) is 5.75 Å². The number of para-hydroxylation sites is 1. The number of hydrogen-bond donors (Lipinski definition) is 1. The minimum Gasteiger partial charge on any atom is -0.496 e. The number of hydrogen-bond acceptors (Lipinski definition) is 4. The molecule has 1 N–H and O–H groups in total. The minimum absolute atomic E-state index is 0.0135. The molecule has 2 aromatic carbocycles. The highest BCUT2D eigenvalue weighted by molar-refractivity contribution is 5.78. The molecule has 1 heterocycles. The Morgan fingerprint density at radius 2 is 1.96 bits per heavy atom. The molecule has 1 amide bonds. The van der Waals surface area contributed by atoms with Crippen LogP contribution in [0.5, 0.6) is 5.75 Å². The predicted molar refractivity (Wildman–Crippen MR) is 96.4 cm³/mol. The summed E-state index contributed by atoms with van der Waals surface area (Å²) in [6.45, 7) is 2.98. The highest BCUT2D eigenvalue weighted by Gasteiger charge is 2.23. The molecule has 0 aromatic heterocycles. The first-order valence-corrected chi connectivity index (χ1v) is 8.54. The Bertz CT molecular complexity index is 690. The zero-order valence-corrected chi connectivity index (χ0v) is 14.5. The van der Waals surface area contributed by atoms with E-state index < -0.39 is 0 Å². The summed E-state index contributed by atoms with van der Waals surface area (Å²) in [5.74, 6) is 0.804. The first kappa shape index (κ1) is 17.5. The van der Waals surface area contributed by atoms with E-state index in [9.17, 15) is 4.79 Å². The van der Waals surface area contributed by atoms with Crippen molar-refractivity contribution in [2.24, 2.45) is 0 Å². The monoisotopic (exact) mass is 340 g/mol. The molecule has 3 rings (SSSR count). The van der Waals surface area contributed by atoms with Gasteiger partial charge >= 0.3 is 0 Å². The quantitative estimate of drug-likeness (QED) is 0.877. The molecule has 132 valence electrons. The van der Waals surface area contributed by atoms with E-state index in [1.165, 1.54) is 0 Å². The standard InChI is InChI=1S/C20H24N2O3/c1-24-18-10-6-5-9-17(18)13-21-20(23)15-22-11-12-25-19(14-22)16-7-3-2-4-8-16/h2-10,19H,11-15H2,1H3,(H,21,23). The zero-order valence-electron chi connectivity index (χ0n) is 14.5.